The minimum atomic E-state index is 0.595. The van der Waals surface area contributed by atoms with Gasteiger partial charge in [0.05, 0.1) is 10.0 Å². The number of halogens is 2. The molecular weight excluding hydrogens is 255 g/mol. The number of nitrogens with two attached hydrogens (primary N) is 1. The molecule has 94 valence electrons. The van der Waals surface area contributed by atoms with E-state index in [1.54, 1.807) is 0 Å². The number of likely N-dealkylation sites (tertiary alicyclic amines) is 1. The van der Waals surface area contributed by atoms with Crippen molar-refractivity contribution in [1.82, 2.24) is 4.90 Å². The van der Waals surface area contributed by atoms with Crippen LogP contribution in [0.25, 0.3) is 0 Å². The van der Waals surface area contributed by atoms with E-state index in [2.05, 4.69) is 11.8 Å². The summed E-state index contributed by atoms with van der Waals surface area (Å²) in [4.78, 5) is 2.46. The molecule has 2 N–H and O–H groups in total. The minimum absolute atomic E-state index is 0.595. The lowest BCUT2D eigenvalue weighted by Crippen LogP contribution is -2.27. The molecule has 2 atom stereocenters. The number of nitrogens with zero attached hydrogens (tertiary/aromatic N) is 1. The molecule has 1 saturated heterocycles. The Morgan fingerprint density at radius 1 is 1.35 bits per heavy atom. The first-order valence-corrected chi connectivity index (χ1v) is 6.73. The molecule has 0 bridgehead atoms. The van der Waals surface area contributed by atoms with E-state index in [1.165, 1.54) is 12.0 Å². The lowest BCUT2D eigenvalue weighted by Gasteiger charge is -2.21. The monoisotopic (exact) mass is 272 g/mol. The average Bonchev–Trinajstić information content (AvgIpc) is 2.65. The van der Waals surface area contributed by atoms with Gasteiger partial charge < -0.3 is 5.73 Å². The van der Waals surface area contributed by atoms with Crippen molar-refractivity contribution in [3.8, 4) is 0 Å². The zero-order chi connectivity index (χ0) is 12.4. The van der Waals surface area contributed by atoms with Gasteiger partial charge in [0.25, 0.3) is 0 Å². The van der Waals surface area contributed by atoms with E-state index in [0.29, 0.717) is 22.0 Å². The van der Waals surface area contributed by atoms with Crippen molar-refractivity contribution >= 4 is 23.2 Å². The van der Waals surface area contributed by atoms with Crippen LogP contribution in [-0.4, -0.2) is 24.0 Å². The van der Waals surface area contributed by atoms with Crippen LogP contribution in [0.2, 0.25) is 10.0 Å². The molecule has 0 radical (unpaired) electrons. The van der Waals surface area contributed by atoms with Gasteiger partial charge in [-0.1, -0.05) is 29.3 Å². The van der Waals surface area contributed by atoms with Gasteiger partial charge in [-0.05, 0) is 43.5 Å². The molecule has 1 heterocycles. The normalized spacial score (nSPS) is 25.4. The first-order valence-electron chi connectivity index (χ1n) is 5.98. The van der Waals surface area contributed by atoms with Crippen molar-refractivity contribution in [1.29, 1.82) is 0 Å². The molecule has 0 aromatic heterocycles. The molecule has 2 unspecified atom stereocenters. The third-order valence-corrected chi connectivity index (χ3v) is 4.23. The van der Waals surface area contributed by atoms with Crippen LogP contribution in [0, 0.1) is 5.92 Å². The smallest absolute Gasteiger partial charge is 0.0595 e. The summed E-state index contributed by atoms with van der Waals surface area (Å²) in [6.45, 7) is 5.04. The van der Waals surface area contributed by atoms with E-state index in [9.17, 15) is 0 Å². The second-order valence-electron chi connectivity index (χ2n) is 4.86. The summed E-state index contributed by atoms with van der Waals surface area (Å²) in [6.07, 6.45) is 1.19. The molecule has 1 aliphatic heterocycles. The van der Waals surface area contributed by atoms with Crippen LogP contribution in [-0.2, 0) is 6.54 Å². The van der Waals surface area contributed by atoms with Gasteiger partial charge in [-0.25, -0.2) is 0 Å². The van der Waals surface area contributed by atoms with Crippen molar-refractivity contribution < 1.29 is 0 Å². The standard InChI is InChI=1S/C13H18Cl2N2/c1-9-4-11(6-16)8-17(9)7-10-2-3-12(14)13(15)5-10/h2-3,5,9,11H,4,6-8,16H2,1H3. The van der Waals surface area contributed by atoms with Crippen LogP contribution in [0.4, 0.5) is 0 Å². The maximum absolute atomic E-state index is 6.02. The Bertz CT molecular complexity index is 395. The van der Waals surface area contributed by atoms with Crippen molar-refractivity contribution in [2.75, 3.05) is 13.1 Å². The Morgan fingerprint density at radius 3 is 2.71 bits per heavy atom. The molecule has 4 heteroatoms. The third kappa shape index (κ3) is 3.14. The van der Waals surface area contributed by atoms with Gasteiger partial charge in [0.2, 0.25) is 0 Å². The quantitative estimate of drug-likeness (QED) is 0.916. The highest BCUT2D eigenvalue weighted by Gasteiger charge is 2.27. The molecule has 1 aromatic carbocycles. The number of benzene rings is 1. The van der Waals surface area contributed by atoms with Crippen LogP contribution in [0.15, 0.2) is 18.2 Å². The predicted octanol–water partition coefficient (Wildman–Crippen LogP) is 3.16. The number of rotatable bonds is 3. The molecule has 0 amide bonds. The van der Waals surface area contributed by atoms with Gasteiger partial charge >= 0.3 is 0 Å². The highest BCUT2D eigenvalue weighted by atomic mass is 35.5. The molecule has 1 aliphatic rings. The Kier molecular flexibility index (Phi) is 4.31. The van der Waals surface area contributed by atoms with E-state index in [4.69, 9.17) is 28.9 Å². The van der Waals surface area contributed by atoms with Crippen molar-refractivity contribution in [3.63, 3.8) is 0 Å². The molecular formula is C13H18Cl2N2. The van der Waals surface area contributed by atoms with E-state index in [1.807, 2.05) is 18.2 Å². The third-order valence-electron chi connectivity index (χ3n) is 3.49. The van der Waals surface area contributed by atoms with Crippen LogP contribution in [0.1, 0.15) is 18.9 Å². The van der Waals surface area contributed by atoms with Crippen molar-refractivity contribution in [3.05, 3.63) is 33.8 Å². The summed E-state index contributed by atoms with van der Waals surface area (Å²) in [7, 11) is 0. The first kappa shape index (κ1) is 13.2. The van der Waals surface area contributed by atoms with E-state index >= 15 is 0 Å². The zero-order valence-corrected chi connectivity index (χ0v) is 11.5. The number of hydrogen-bond donors (Lipinski definition) is 1. The Labute approximate surface area is 113 Å². The lowest BCUT2D eigenvalue weighted by molar-refractivity contribution is 0.256. The minimum Gasteiger partial charge on any atom is -0.330 e. The van der Waals surface area contributed by atoms with Gasteiger partial charge in [0.15, 0.2) is 0 Å². The summed E-state index contributed by atoms with van der Waals surface area (Å²) < 4.78 is 0. The van der Waals surface area contributed by atoms with Crippen molar-refractivity contribution in [2.45, 2.75) is 25.9 Å². The zero-order valence-electron chi connectivity index (χ0n) is 10.00. The fourth-order valence-corrected chi connectivity index (χ4v) is 2.80. The summed E-state index contributed by atoms with van der Waals surface area (Å²) in [6, 6.07) is 6.45. The van der Waals surface area contributed by atoms with Crippen LogP contribution in [0.3, 0.4) is 0 Å². The fraction of sp³-hybridized carbons (Fsp3) is 0.538. The molecule has 0 aliphatic carbocycles. The molecule has 2 rings (SSSR count). The summed E-state index contributed by atoms with van der Waals surface area (Å²) >= 11 is 11.9. The molecule has 2 nitrogen and oxygen atoms in total. The Balaban J connectivity index is 2.03. The van der Waals surface area contributed by atoms with Gasteiger partial charge in [-0.2, -0.15) is 0 Å². The van der Waals surface area contributed by atoms with Crippen molar-refractivity contribution in [2.24, 2.45) is 11.7 Å². The van der Waals surface area contributed by atoms with Gasteiger partial charge in [0, 0.05) is 19.1 Å². The Morgan fingerprint density at radius 2 is 2.12 bits per heavy atom. The molecule has 0 spiro atoms. The maximum atomic E-state index is 6.02. The first-order chi connectivity index (χ1) is 8.10. The highest BCUT2D eigenvalue weighted by Crippen LogP contribution is 2.27. The molecule has 0 saturated carbocycles. The molecule has 1 aromatic rings. The number of hydrogen-bond acceptors (Lipinski definition) is 2. The Hall–Kier alpha value is -0.280. The predicted molar refractivity (Wildman–Crippen MR) is 73.5 cm³/mol. The maximum Gasteiger partial charge on any atom is 0.0595 e. The van der Waals surface area contributed by atoms with Crippen LogP contribution in [0.5, 0.6) is 0 Å². The molecule has 1 fully saturated rings. The van der Waals surface area contributed by atoms with Gasteiger partial charge in [0.1, 0.15) is 0 Å². The van der Waals surface area contributed by atoms with Gasteiger partial charge in [-0.15, -0.1) is 0 Å². The van der Waals surface area contributed by atoms with E-state index in [0.717, 1.165) is 19.6 Å². The van der Waals surface area contributed by atoms with Crippen LogP contribution >= 0.6 is 23.2 Å². The lowest BCUT2D eigenvalue weighted by atomic mass is 10.1. The average molecular weight is 273 g/mol. The summed E-state index contributed by atoms with van der Waals surface area (Å²) in [5.74, 6) is 0.632. The van der Waals surface area contributed by atoms with E-state index in [-0.39, 0.29) is 0 Å². The van der Waals surface area contributed by atoms with E-state index < -0.39 is 0 Å². The molecule has 17 heavy (non-hydrogen) atoms. The fourth-order valence-electron chi connectivity index (χ4n) is 2.48. The highest BCUT2D eigenvalue weighted by molar-refractivity contribution is 6.42. The summed E-state index contributed by atoms with van der Waals surface area (Å²) in [5, 5.41) is 1.25. The van der Waals surface area contributed by atoms with Crippen LogP contribution < -0.4 is 5.73 Å². The largest absolute Gasteiger partial charge is 0.330 e. The topological polar surface area (TPSA) is 29.3 Å². The summed E-state index contributed by atoms with van der Waals surface area (Å²) in [5.41, 5.74) is 6.94. The second-order valence-corrected chi connectivity index (χ2v) is 5.68. The van der Waals surface area contributed by atoms with Gasteiger partial charge in [-0.3, -0.25) is 4.90 Å². The second kappa shape index (κ2) is 5.57. The SMILES string of the molecule is CC1CC(CN)CN1Cc1ccc(Cl)c(Cl)c1.